The van der Waals surface area contributed by atoms with E-state index >= 15 is 0 Å². The summed E-state index contributed by atoms with van der Waals surface area (Å²) in [5, 5.41) is 19.7. The molecule has 18 nitrogen and oxygen atoms in total. The molecule has 6 atom stereocenters. The number of aliphatic hydroxyl groups is 2. The Bertz CT molecular complexity index is 716. The Hall–Kier alpha value is 13.5. The van der Waals surface area contributed by atoms with E-state index in [0.717, 1.165) is 0 Å². The standard InChI is InChI=1S/C6H16O18P4.8K/c7-1-3(21-25(9,10)11)2(8)5(23-27(15,16)17)6(24-28(18,19)20)4(1)22-26(12,13)14;;;;;;;;/h1-8H,(H2,9,10,11)(H2,12,13,14)(H2,15,16,17)(H2,18,19,20);;;;;;;;/q;8*+1/p-8/t1-,2-,3?,4-,5+,6?;;;;;;;;/m0......../s1. The Morgan fingerprint density at radius 2 is 0.556 bits per heavy atom. The molecule has 0 saturated heterocycles. The largest absolute Gasteiger partial charge is 1.00 e. The first kappa shape index (κ1) is 67.6. The first-order chi connectivity index (χ1) is 12.2. The molecule has 0 aromatic carbocycles. The van der Waals surface area contributed by atoms with Crippen LogP contribution in [0.4, 0.5) is 0 Å². The van der Waals surface area contributed by atoms with Gasteiger partial charge in [-0.1, -0.05) is 0 Å². The normalized spacial score (nSPS) is 25.7. The minimum atomic E-state index is -6.24. The van der Waals surface area contributed by atoms with Crippen LogP contribution in [0.2, 0.25) is 0 Å². The molecule has 0 amide bonds. The second-order valence-electron chi connectivity index (χ2n) is 5.05. The van der Waals surface area contributed by atoms with Crippen LogP contribution in [-0.4, -0.2) is 46.8 Å². The first-order valence-corrected chi connectivity index (χ1v) is 12.2. The van der Waals surface area contributed by atoms with E-state index in [4.69, 9.17) is 0 Å². The third kappa shape index (κ3) is 31.0. The molecule has 0 spiro atoms. The van der Waals surface area contributed by atoms with E-state index in [9.17, 15) is 67.6 Å². The van der Waals surface area contributed by atoms with Crippen LogP contribution in [0, 0.1) is 0 Å². The van der Waals surface area contributed by atoms with Gasteiger partial charge in [0.05, 0.1) is 31.3 Å². The van der Waals surface area contributed by atoms with E-state index in [1.807, 2.05) is 0 Å². The Kier molecular flexibility index (Phi) is 57.9. The van der Waals surface area contributed by atoms with Gasteiger partial charge in [0.2, 0.25) is 0 Å². The SMILES string of the molecule is O=P([O-])([O-])OC1[C@H](O)[C@H](OP(=O)([O-])[O-])C(OP(=O)([O-])[O-])[C@H](OP(=O)([O-])[O-])[C@H]1O.[K+].[K+].[K+].[K+].[K+].[K+].[K+].[K+]. The van der Waals surface area contributed by atoms with Gasteiger partial charge in [0.1, 0.15) is 36.6 Å². The minimum Gasteiger partial charge on any atom is -0.790 e. The van der Waals surface area contributed by atoms with Crippen LogP contribution in [0.1, 0.15) is 0 Å². The maximum Gasteiger partial charge on any atom is 1.00 e. The number of hydrogen-bond acceptors (Lipinski definition) is 18. The van der Waals surface area contributed by atoms with Crippen LogP contribution in [0.15, 0.2) is 0 Å². The number of hydrogen-bond donors (Lipinski definition) is 2. The van der Waals surface area contributed by atoms with Crippen molar-refractivity contribution in [3.8, 4) is 0 Å². The average Bonchev–Trinajstić information content (AvgIpc) is 2.39. The second-order valence-corrected chi connectivity index (χ2v) is 9.47. The van der Waals surface area contributed by atoms with Crippen LogP contribution < -0.4 is 450 Å². The number of phosphoric acid groups is 4. The van der Waals surface area contributed by atoms with E-state index in [-0.39, 0.29) is 411 Å². The van der Waals surface area contributed by atoms with Gasteiger partial charge in [-0.25, -0.2) is 0 Å². The molecular formula is C6H8K8O18P4. The van der Waals surface area contributed by atoms with Crippen LogP contribution in [0.5, 0.6) is 0 Å². The molecule has 0 heterocycles. The maximum absolute atomic E-state index is 10.8. The quantitative estimate of drug-likeness (QED) is 0.170. The fourth-order valence-electron chi connectivity index (χ4n) is 2.24. The molecule has 2 unspecified atom stereocenters. The average molecular weight is 805 g/mol. The fourth-order valence-corrected chi connectivity index (χ4v) is 4.41. The van der Waals surface area contributed by atoms with E-state index < -0.39 is 67.9 Å². The third-order valence-electron chi connectivity index (χ3n) is 3.00. The van der Waals surface area contributed by atoms with Gasteiger partial charge in [-0.2, -0.15) is 0 Å². The molecule has 0 bridgehead atoms. The fraction of sp³-hybridized carbons (Fsp3) is 1.00. The van der Waals surface area contributed by atoms with Crippen LogP contribution in [0.3, 0.4) is 0 Å². The third-order valence-corrected chi connectivity index (χ3v) is 5.00. The van der Waals surface area contributed by atoms with Gasteiger partial charge in [-0.05, 0) is 0 Å². The van der Waals surface area contributed by atoms with Crippen molar-refractivity contribution in [1.29, 1.82) is 0 Å². The minimum absolute atomic E-state index is 0. The van der Waals surface area contributed by atoms with Crippen LogP contribution >= 0.6 is 31.3 Å². The Morgan fingerprint density at radius 1 is 0.389 bits per heavy atom. The van der Waals surface area contributed by atoms with E-state index in [1.54, 1.807) is 0 Å². The predicted molar refractivity (Wildman–Crippen MR) is 61.9 cm³/mol. The van der Waals surface area contributed by atoms with Crippen molar-refractivity contribution in [2.24, 2.45) is 0 Å². The van der Waals surface area contributed by atoms with Gasteiger partial charge in [-0.3, -0.25) is 0 Å². The summed E-state index contributed by atoms with van der Waals surface area (Å²) in [5.41, 5.74) is 0. The van der Waals surface area contributed by atoms with Crippen LogP contribution in [-0.2, 0) is 36.4 Å². The maximum atomic E-state index is 10.8. The molecular weight excluding hydrogens is 797 g/mol. The first-order valence-electron chi connectivity index (χ1n) is 6.38. The molecule has 1 rings (SSSR count). The molecule has 0 aliphatic heterocycles. The second kappa shape index (κ2) is 30.9. The molecule has 0 aromatic heterocycles. The van der Waals surface area contributed by atoms with Crippen molar-refractivity contribution in [2.45, 2.75) is 36.6 Å². The molecule has 30 heteroatoms. The Balaban J connectivity index is -0.000000163. The van der Waals surface area contributed by atoms with Crippen molar-refractivity contribution in [3.05, 3.63) is 0 Å². The molecule has 168 valence electrons. The van der Waals surface area contributed by atoms with Gasteiger partial charge >= 0.3 is 411 Å². The van der Waals surface area contributed by atoms with E-state index in [0.29, 0.717) is 0 Å². The number of aliphatic hydroxyl groups excluding tert-OH is 2. The zero-order valence-corrected chi connectivity index (χ0v) is 49.2. The summed E-state index contributed by atoms with van der Waals surface area (Å²) >= 11 is 0. The predicted octanol–water partition coefficient (Wildman–Crippen LogP) is -32.4. The monoisotopic (exact) mass is 804 g/mol. The van der Waals surface area contributed by atoms with Gasteiger partial charge < -0.3 is 85.7 Å². The summed E-state index contributed by atoms with van der Waals surface area (Å²) in [4.78, 5) is 86.1. The van der Waals surface area contributed by atoms with Crippen molar-refractivity contribution >= 4 is 31.3 Å². The molecule has 0 aromatic rings. The molecule has 1 aliphatic carbocycles. The van der Waals surface area contributed by atoms with Crippen LogP contribution in [0.25, 0.3) is 0 Å². The molecule has 1 saturated carbocycles. The van der Waals surface area contributed by atoms with Crippen molar-refractivity contribution in [2.75, 3.05) is 0 Å². The van der Waals surface area contributed by atoms with Crippen molar-refractivity contribution in [1.82, 2.24) is 0 Å². The Labute approximate surface area is 546 Å². The van der Waals surface area contributed by atoms with Gasteiger partial charge in [0.15, 0.2) is 0 Å². The smallest absolute Gasteiger partial charge is 0.790 e. The summed E-state index contributed by atoms with van der Waals surface area (Å²) in [5.74, 6) is 0. The topological polar surface area (TPSA) is 330 Å². The van der Waals surface area contributed by atoms with Crippen molar-refractivity contribution in [3.63, 3.8) is 0 Å². The van der Waals surface area contributed by atoms with E-state index in [1.165, 1.54) is 0 Å². The zero-order valence-electron chi connectivity index (χ0n) is 20.7. The van der Waals surface area contributed by atoms with E-state index in [2.05, 4.69) is 18.1 Å². The zero-order chi connectivity index (χ0) is 22.3. The summed E-state index contributed by atoms with van der Waals surface area (Å²) < 4.78 is 57.8. The number of phosphoric ester groups is 4. The molecule has 0 radical (unpaired) electrons. The Morgan fingerprint density at radius 3 is 0.750 bits per heavy atom. The molecule has 36 heavy (non-hydrogen) atoms. The summed E-state index contributed by atoms with van der Waals surface area (Å²) in [7, 11) is -24.8. The molecule has 2 N–H and O–H groups in total. The molecule has 1 fully saturated rings. The van der Waals surface area contributed by atoms with Gasteiger partial charge in [0.25, 0.3) is 0 Å². The molecule has 1 aliphatic rings. The van der Waals surface area contributed by atoms with Crippen molar-refractivity contribution < 1.29 is 497 Å². The van der Waals surface area contributed by atoms with Gasteiger partial charge in [0, 0.05) is 0 Å². The van der Waals surface area contributed by atoms with Gasteiger partial charge in [-0.15, -0.1) is 0 Å². The number of rotatable bonds is 8. The summed E-state index contributed by atoms with van der Waals surface area (Å²) in [6, 6.07) is 0. The summed E-state index contributed by atoms with van der Waals surface area (Å²) in [6.45, 7) is 0. The summed E-state index contributed by atoms with van der Waals surface area (Å²) in [6.07, 6.45) is -17.6.